The number of para-hydroxylation sites is 1. The molecule has 0 N–H and O–H groups in total. The van der Waals surface area contributed by atoms with Crippen molar-refractivity contribution in [2.45, 2.75) is 19.4 Å². The predicted molar refractivity (Wildman–Crippen MR) is 104 cm³/mol. The van der Waals surface area contributed by atoms with E-state index in [2.05, 4.69) is 0 Å². The van der Waals surface area contributed by atoms with Gasteiger partial charge in [0.25, 0.3) is 0 Å². The molecule has 1 amide bonds. The lowest BCUT2D eigenvalue weighted by Crippen LogP contribution is -2.32. The normalized spacial score (nSPS) is 14.9. The quantitative estimate of drug-likeness (QED) is 0.568. The number of carbonyl (C=O) groups is 3. The number of nitrogens with zero attached hydrogens (tertiary/aromatic N) is 1. The maximum absolute atomic E-state index is 12.4. The molecule has 0 fully saturated rings. The van der Waals surface area contributed by atoms with Crippen molar-refractivity contribution in [3.8, 4) is 5.75 Å². The fourth-order valence-corrected chi connectivity index (χ4v) is 3.23. The van der Waals surface area contributed by atoms with Crippen LogP contribution >= 0.6 is 0 Å². The Hall–Kier alpha value is -3.41. The van der Waals surface area contributed by atoms with E-state index in [0.29, 0.717) is 11.3 Å². The maximum atomic E-state index is 12.4. The standard InChI is InChI=1S/C22H21NO5/c1-15(24)23-12-11-16-7-3-4-8-17(16)19(23)13-22(26)28-14-20(25)18-9-5-6-10-21(18)27-2/h3-12,19H,13-14H2,1-2H3/t19-/m1/s1. The van der Waals surface area contributed by atoms with Gasteiger partial charge in [0, 0.05) is 13.1 Å². The Morgan fingerprint density at radius 1 is 1.04 bits per heavy atom. The van der Waals surface area contributed by atoms with E-state index in [-0.39, 0.29) is 24.7 Å². The number of esters is 1. The van der Waals surface area contributed by atoms with Crippen LogP contribution in [0.5, 0.6) is 5.75 Å². The van der Waals surface area contributed by atoms with Crippen molar-refractivity contribution in [1.29, 1.82) is 0 Å². The highest BCUT2D eigenvalue weighted by Gasteiger charge is 2.29. The Kier molecular flexibility index (Phi) is 5.89. The Bertz CT molecular complexity index is 934. The minimum Gasteiger partial charge on any atom is -0.496 e. The second-order valence-electron chi connectivity index (χ2n) is 6.38. The number of ketones is 1. The lowest BCUT2D eigenvalue weighted by molar-refractivity contribution is -0.144. The van der Waals surface area contributed by atoms with Gasteiger partial charge in [-0.25, -0.2) is 0 Å². The summed E-state index contributed by atoms with van der Waals surface area (Å²) in [6.07, 6.45) is 3.46. The van der Waals surface area contributed by atoms with E-state index in [1.165, 1.54) is 18.9 Å². The number of benzene rings is 2. The number of ether oxygens (including phenoxy) is 2. The summed E-state index contributed by atoms with van der Waals surface area (Å²) in [4.78, 5) is 38.3. The van der Waals surface area contributed by atoms with Gasteiger partial charge in [-0.2, -0.15) is 0 Å². The van der Waals surface area contributed by atoms with Gasteiger partial charge in [-0.05, 0) is 29.3 Å². The topological polar surface area (TPSA) is 72.9 Å². The van der Waals surface area contributed by atoms with Crippen molar-refractivity contribution in [1.82, 2.24) is 4.90 Å². The van der Waals surface area contributed by atoms with Crippen molar-refractivity contribution >= 4 is 23.7 Å². The molecule has 2 aromatic rings. The van der Waals surface area contributed by atoms with Crippen molar-refractivity contribution < 1.29 is 23.9 Å². The van der Waals surface area contributed by atoms with Crippen molar-refractivity contribution in [3.63, 3.8) is 0 Å². The van der Waals surface area contributed by atoms with Gasteiger partial charge >= 0.3 is 5.97 Å². The molecule has 1 aliphatic rings. The molecule has 0 spiro atoms. The van der Waals surface area contributed by atoms with Crippen LogP contribution in [0.3, 0.4) is 0 Å². The maximum Gasteiger partial charge on any atom is 0.308 e. The van der Waals surface area contributed by atoms with Gasteiger partial charge in [-0.3, -0.25) is 14.4 Å². The fourth-order valence-electron chi connectivity index (χ4n) is 3.23. The Labute approximate surface area is 163 Å². The largest absolute Gasteiger partial charge is 0.496 e. The summed E-state index contributed by atoms with van der Waals surface area (Å²) in [6.45, 7) is 1.06. The van der Waals surface area contributed by atoms with Crippen LogP contribution in [0.25, 0.3) is 6.08 Å². The number of fused-ring (bicyclic) bond motifs is 1. The van der Waals surface area contributed by atoms with Crippen LogP contribution in [-0.4, -0.2) is 36.3 Å². The van der Waals surface area contributed by atoms with Crippen LogP contribution in [0.4, 0.5) is 0 Å². The molecule has 1 aliphatic heterocycles. The fraction of sp³-hybridized carbons (Fsp3) is 0.227. The molecule has 144 valence electrons. The third kappa shape index (κ3) is 4.11. The van der Waals surface area contributed by atoms with Gasteiger partial charge in [-0.15, -0.1) is 0 Å². The molecule has 3 rings (SSSR count). The molecule has 0 unspecified atom stereocenters. The van der Waals surface area contributed by atoms with Gasteiger partial charge in [-0.1, -0.05) is 36.4 Å². The number of carbonyl (C=O) groups excluding carboxylic acids is 3. The second kappa shape index (κ2) is 8.52. The molecular weight excluding hydrogens is 358 g/mol. The van der Waals surface area contributed by atoms with E-state index in [1.807, 2.05) is 30.3 Å². The molecule has 2 aromatic carbocycles. The number of hydrogen-bond donors (Lipinski definition) is 0. The third-order valence-electron chi connectivity index (χ3n) is 4.60. The van der Waals surface area contributed by atoms with Gasteiger partial charge in [0.1, 0.15) is 5.75 Å². The third-order valence-corrected chi connectivity index (χ3v) is 4.60. The minimum atomic E-state index is -0.551. The summed E-state index contributed by atoms with van der Waals surface area (Å²) in [5, 5.41) is 0. The van der Waals surface area contributed by atoms with Crippen LogP contribution in [0.15, 0.2) is 54.7 Å². The molecule has 0 aromatic heterocycles. The van der Waals surface area contributed by atoms with Crippen LogP contribution in [0.1, 0.15) is 40.9 Å². The first kappa shape index (κ1) is 19.4. The highest BCUT2D eigenvalue weighted by Crippen LogP contribution is 2.33. The van der Waals surface area contributed by atoms with E-state index < -0.39 is 12.0 Å². The van der Waals surface area contributed by atoms with Gasteiger partial charge in [0.15, 0.2) is 6.61 Å². The average molecular weight is 379 g/mol. The summed E-state index contributed by atoms with van der Waals surface area (Å²) in [5.74, 6) is -0.644. The summed E-state index contributed by atoms with van der Waals surface area (Å²) in [6, 6.07) is 13.9. The van der Waals surface area contributed by atoms with E-state index in [1.54, 1.807) is 30.5 Å². The zero-order chi connectivity index (χ0) is 20.1. The monoisotopic (exact) mass is 379 g/mol. The first-order valence-electron chi connectivity index (χ1n) is 8.89. The lowest BCUT2D eigenvalue weighted by atomic mass is 9.94. The highest BCUT2D eigenvalue weighted by molar-refractivity contribution is 6.00. The summed E-state index contributed by atoms with van der Waals surface area (Å²) >= 11 is 0. The lowest BCUT2D eigenvalue weighted by Gasteiger charge is -2.32. The molecular formula is C22H21NO5. The Morgan fingerprint density at radius 3 is 2.50 bits per heavy atom. The molecule has 0 bridgehead atoms. The van der Waals surface area contributed by atoms with Crippen molar-refractivity contribution in [2.75, 3.05) is 13.7 Å². The van der Waals surface area contributed by atoms with Crippen LogP contribution in [-0.2, 0) is 14.3 Å². The van der Waals surface area contributed by atoms with Gasteiger partial charge < -0.3 is 14.4 Å². The molecule has 6 heteroatoms. The zero-order valence-electron chi connectivity index (χ0n) is 15.8. The Balaban J connectivity index is 1.69. The first-order chi connectivity index (χ1) is 13.5. The molecule has 0 aliphatic carbocycles. The van der Waals surface area contributed by atoms with Crippen LogP contribution in [0.2, 0.25) is 0 Å². The van der Waals surface area contributed by atoms with Crippen LogP contribution < -0.4 is 4.74 Å². The van der Waals surface area contributed by atoms with Crippen LogP contribution in [0, 0.1) is 0 Å². The summed E-state index contributed by atoms with van der Waals surface area (Å²) < 4.78 is 10.4. The summed E-state index contributed by atoms with van der Waals surface area (Å²) in [5.41, 5.74) is 2.17. The number of rotatable bonds is 6. The molecule has 0 radical (unpaired) electrons. The number of hydrogen-bond acceptors (Lipinski definition) is 5. The smallest absolute Gasteiger partial charge is 0.308 e. The van der Waals surface area contributed by atoms with Crippen molar-refractivity contribution in [2.24, 2.45) is 0 Å². The first-order valence-corrected chi connectivity index (χ1v) is 8.89. The highest BCUT2D eigenvalue weighted by atomic mass is 16.5. The van der Waals surface area contributed by atoms with E-state index in [0.717, 1.165) is 11.1 Å². The van der Waals surface area contributed by atoms with E-state index >= 15 is 0 Å². The number of amides is 1. The molecule has 6 nitrogen and oxygen atoms in total. The predicted octanol–water partition coefficient (Wildman–Crippen LogP) is 3.39. The van der Waals surface area contributed by atoms with Gasteiger partial charge in [0.05, 0.1) is 25.1 Å². The van der Waals surface area contributed by atoms with Gasteiger partial charge in [0.2, 0.25) is 11.7 Å². The van der Waals surface area contributed by atoms with E-state index in [9.17, 15) is 14.4 Å². The number of methoxy groups -OCH3 is 1. The van der Waals surface area contributed by atoms with Crippen molar-refractivity contribution in [3.05, 3.63) is 71.4 Å². The van der Waals surface area contributed by atoms with E-state index in [4.69, 9.17) is 9.47 Å². The SMILES string of the molecule is COc1ccccc1C(=O)COC(=O)C[C@@H]1c2ccccc2C=CN1C(C)=O. The second-order valence-corrected chi connectivity index (χ2v) is 6.38. The number of Topliss-reactive ketones (excluding diaryl/α,β-unsaturated/α-hetero) is 1. The molecule has 28 heavy (non-hydrogen) atoms. The average Bonchev–Trinajstić information content (AvgIpc) is 2.72. The zero-order valence-corrected chi connectivity index (χ0v) is 15.8. The Morgan fingerprint density at radius 2 is 1.75 bits per heavy atom. The molecule has 0 saturated heterocycles. The molecule has 0 saturated carbocycles. The minimum absolute atomic E-state index is 0.0415. The summed E-state index contributed by atoms with van der Waals surface area (Å²) in [7, 11) is 1.47. The molecule has 1 atom stereocenters. The molecule has 1 heterocycles.